The summed E-state index contributed by atoms with van der Waals surface area (Å²) in [6, 6.07) is 0. The standard InChI is InChI=1S/C8H15N3O3/c1-8(2,3)10-5-6(11(13)14)7(12)9-4/h5,10H,1-4H3,(H,9,12)/b6-5+. The maximum absolute atomic E-state index is 11.0. The van der Waals surface area contributed by atoms with Crippen molar-refractivity contribution in [1.29, 1.82) is 0 Å². The summed E-state index contributed by atoms with van der Waals surface area (Å²) >= 11 is 0. The Morgan fingerprint density at radius 2 is 1.93 bits per heavy atom. The lowest BCUT2D eigenvalue weighted by Gasteiger charge is -2.18. The molecule has 6 nitrogen and oxygen atoms in total. The van der Waals surface area contributed by atoms with E-state index in [1.165, 1.54) is 7.05 Å². The molecule has 6 heteroatoms. The van der Waals surface area contributed by atoms with Gasteiger partial charge in [-0.2, -0.15) is 0 Å². The zero-order valence-corrected chi connectivity index (χ0v) is 8.75. The van der Waals surface area contributed by atoms with Crippen molar-refractivity contribution in [2.24, 2.45) is 0 Å². The van der Waals surface area contributed by atoms with E-state index in [0.717, 1.165) is 6.20 Å². The van der Waals surface area contributed by atoms with Crippen molar-refractivity contribution in [3.8, 4) is 0 Å². The van der Waals surface area contributed by atoms with E-state index in [-0.39, 0.29) is 5.54 Å². The maximum atomic E-state index is 11.0. The highest BCUT2D eigenvalue weighted by molar-refractivity contribution is 5.90. The molecule has 0 unspecified atom stereocenters. The molecule has 0 aliphatic carbocycles. The molecule has 0 aliphatic heterocycles. The van der Waals surface area contributed by atoms with E-state index in [2.05, 4.69) is 10.6 Å². The van der Waals surface area contributed by atoms with Gasteiger partial charge in [-0.05, 0) is 20.8 Å². The minimum Gasteiger partial charge on any atom is -0.381 e. The lowest BCUT2D eigenvalue weighted by Crippen LogP contribution is -2.34. The Kier molecular flexibility index (Phi) is 4.07. The summed E-state index contributed by atoms with van der Waals surface area (Å²) in [6.45, 7) is 5.51. The second kappa shape index (κ2) is 4.59. The quantitative estimate of drug-likeness (QED) is 0.389. The second-order valence-electron chi connectivity index (χ2n) is 3.76. The lowest BCUT2D eigenvalue weighted by molar-refractivity contribution is -0.419. The fourth-order valence-corrected chi connectivity index (χ4v) is 0.614. The highest BCUT2D eigenvalue weighted by Crippen LogP contribution is 2.01. The van der Waals surface area contributed by atoms with Gasteiger partial charge in [-0.15, -0.1) is 0 Å². The van der Waals surface area contributed by atoms with Crippen LogP contribution in [0.4, 0.5) is 0 Å². The molecule has 14 heavy (non-hydrogen) atoms. The van der Waals surface area contributed by atoms with E-state index in [1.54, 1.807) is 0 Å². The van der Waals surface area contributed by atoms with Crippen LogP contribution in [0.5, 0.6) is 0 Å². The molecule has 0 aromatic carbocycles. The molecule has 1 amide bonds. The van der Waals surface area contributed by atoms with E-state index in [1.807, 2.05) is 20.8 Å². The van der Waals surface area contributed by atoms with Gasteiger partial charge in [0.1, 0.15) is 0 Å². The normalized spacial score (nSPS) is 12.1. The van der Waals surface area contributed by atoms with Crippen LogP contribution in [0.25, 0.3) is 0 Å². The molecule has 0 heterocycles. The van der Waals surface area contributed by atoms with Crippen LogP contribution in [0.3, 0.4) is 0 Å². The van der Waals surface area contributed by atoms with Crippen LogP contribution in [0.1, 0.15) is 20.8 Å². The SMILES string of the molecule is CNC(=O)/C(=C\NC(C)(C)C)[N+](=O)[O-]. The summed E-state index contributed by atoms with van der Waals surface area (Å²) in [5.41, 5.74) is -0.808. The first-order chi connectivity index (χ1) is 6.28. The van der Waals surface area contributed by atoms with Crippen molar-refractivity contribution in [1.82, 2.24) is 10.6 Å². The van der Waals surface area contributed by atoms with Crippen molar-refractivity contribution >= 4 is 5.91 Å². The number of carbonyl (C=O) groups is 1. The number of nitrogens with zero attached hydrogens (tertiary/aromatic N) is 1. The Balaban J connectivity index is 4.67. The molecular weight excluding hydrogens is 186 g/mol. The van der Waals surface area contributed by atoms with Gasteiger partial charge in [-0.1, -0.05) is 0 Å². The van der Waals surface area contributed by atoms with E-state index in [0.29, 0.717) is 0 Å². The van der Waals surface area contributed by atoms with E-state index in [4.69, 9.17) is 0 Å². The van der Waals surface area contributed by atoms with Crippen molar-refractivity contribution in [2.45, 2.75) is 26.3 Å². The molecular formula is C8H15N3O3. The molecule has 0 saturated carbocycles. The number of likely N-dealkylation sites (N-methyl/N-ethyl adjacent to an activating group) is 1. The molecule has 0 bridgehead atoms. The number of nitro groups is 1. The van der Waals surface area contributed by atoms with Gasteiger partial charge in [0.05, 0.1) is 11.1 Å². The smallest absolute Gasteiger partial charge is 0.348 e. The predicted molar refractivity (Wildman–Crippen MR) is 52.0 cm³/mol. The Labute approximate surface area is 82.5 Å². The summed E-state index contributed by atoms with van der Waals surface area (Å²) in [6.07, 6.45) is 1.11. The van der Waals surface area contributed by atoms with Gasteiger partial charge in [0.25, 0.3) is 0 Å². The van der Waals surface area contributed by atoms with Crippen molar-refractivity contribution < 1.29 is 9.72 Å². The Hall–Kier alpha value is -1.59. The summed E-state index contributed by atoms with van der Waals surface area (Å²) in [5, 5.41) is 15.4. The summed E-state index contributed by atoms with van der Waals surface area (Å²) in [7, 11) is 1.34. The van der Waals surface area contributed by atoms with Gasteiger partial charge in [-0.25, -0.2) is 0 Å². The van der Waals surface area contributed by atoms with Crippen molar-refractivity contribution in [2.75, 3.05) is 7.05 Å². The Bertz CT molecular complexity index is 265. The third-order valence-electron chi connectivity index (χ3n) is 1.30. The average molecular weight is 201 g/mol. The number of nitrogens with one attached hydrogen (secondary N) is 2. The average Bonchev–Trinajstić information content (AvgIpc) is 2.01. The van der Waals surface area contributed by atoms with Gasteiger partial charge >= 0.3 is 11.6 Å². The molecule has 0 fully saturated rings. The molecule has 0 rings (SSSR count). The van der Waals surface area contributed by atoms with E-state index in [9.17, 15) is 14.9 Å². The third kappa shape index (κ3) is 4.44. The summed E-state index contributed by atoms with van der Waals surface area (Å²) < 4.78 is 0. The van der Waals surface area contributed by atoms with Crippen LogP contribution >= 0.6 is 0 Å². The van der Waals surface area contributed by atoms with Crippen molar-refractivity contribution in [3.05, 3.63) is 22.0 Å². The van der Waals surface area contributed by atoms with E-state index < -0.39 is 16.5 Å². The third-order valence-corrected chi connectivity index (χ3v) is 1.30. The van der Waals surface area contributed by atoms with Crippen LogP contribution in [-0.2, 0) is 4.79 Å². The highest BCUT2D eigenvalue weighted by atomic mass is 16.6. The monoisotopic (exact) mass is 201 g/mol. The Morgan fingerprint density at radius 3 is 2.21 bits per heavy atom. The van der Waals surface area contributed by atoms with Gasteiger partial charge in [-0.3, -0.25) is 14.9 Å². The van der Waals surface area contributed by atoms with E-state index >= 15 is 0 Å². The summed E-state index contributed by atoms with van der Waals surface area (Å²) in [4.78, 5) is 20.7. The first-order valence-electron chi connectivity index (χ1n) is 4.12. The molecule has 80 valence electrons. The van der Waals surface area contributed by atoms with Crippen LogP contribution < -0.4 is 10.6 Å². The molecule has 0 radical (unpaired) electrons. The number of hydrogen-bond donors (Lipinski definition) is 2. The molecule has 0 aliphatic rings. The first kappa shape index (κ1) is 12.4. The Morgan fingerprint density at radius 1 is 1.43 bits per heavy atom. The molecule has 0 spiro atoms. The molecule has 2 N–H and O–H groups in total. The number of amides is 1. The fraction of sp³-hybridized carbons (Fsp3) is 0.625. The van der Waals surface area contributed by atoms with Gasteiger partial charge in [0.15, 0.2) is 0 Å². The lowest BCUT2D eigenvalue weighted by atomic mass is 10.1. The zero-order valence-electron chi connectivity index (χ0n) is 8.75. The first-order valence-corrected chi connectivity index (χ1v) is 4.12. The van der Waals surface area contributed by atoms with Gasteiger partial charge in [0, 0.05) is 12.6 Å². The number of carbonyl (C=O) groups excluding carboxylic acids is 1. The number of rotatable bonds is 3. The van der Waals surface area contributed by atoms with Crippen LogP contribution in [-0.4, -0.2) is 23.4 Å². The summed E-state index contributed by atoms with van der Waals surface area (Å²) in [5.74, 6) is -0.716. The fourth-order valence-electron chi connectivity index (χ4n) is 0.614. The zero-order chi connectivity index (χ0) is 11.4. The predicted octanol–water partition coefficient (Wildman–Crippen LogP) is 0.239. The topological polar surface area (TPSA) is 84.3 Å². The molecule has 0 aromatic heterocycles. The molecule has 0 saturated heterocycles. The largest absolute Gasteiger partial charge is 0.381 e. The van der Waals surface area contributed by atoms with Gasteiger partial charge in [0.2, 0.25) is 0 Å². The van der Waals surface area contributed by atoms with Crippen molar-refractivity contribution in [3.63, 3.8) is 0 Å². The van der Waals surface area contributed by atoms with Gasteiger partial charge < -0.3 is 10.6 Å². The minimum atomic E-state index is -0.725. The highest BCUT2D eigenvalue weighted by Gasteiger charge is 2.21. The maximum Gasteiger partial charge on any atom is 0.348 e. The number of hydrogen-bond acceptors (Lipinski definition) is 4. The molecule has 0 aromatic rings. The van der Waals surface area contributed by atoms with Crippen LogP contribution in [0.15, 0.2) is 11.9 Å². The minimum absolute atomic E-state index is 0.310. The molecule has 0 atom stereocenters. The second-order valence-corrected chi connectivity index (χ2v) is 3.76. The van der Waals surface area contributed by atoms with Crippen LogP contribution in [0.2, 0.25) is 0 Å². The van der Waals surface area contributed by atoms with Crippen LogP contribution in [0, 0.1) is 10.1 Å².